The van der Waals surface area contributed by atoms with E-state index in [4.69, 9.17) is 0 Å². The van der Waals surface area contributed by atoms with Crippen molar-refractivity contribution in [3.05, 3.63) is 29.8 Å². The van der Waals surface area contributed by atoms with Gasteiger partial charge < -0.3 is 10.6 Å². The zero-order valence-electron chi connectivity index (χ0n) is 13.9. The van der Waals surface area contributed by atoms with Gasteiger partial charge in [-0.3, -0.25) is 4.90 Å². The van der Waals surface area contributed by atoms with Crippen molar-refractivity contribution in [2.24, 2.45) is 0 Å². The van der Waals surface area contributed by atoms with E-state index in [1.165, 1.54) is 44.2 Å². The second kappa shape index (κ2) is 8.79. The lowest BCUT2D eigenvalue weighted by atomic mass is 10.0. The van der Waals surface area contributed by atoms with Crippen LogP contribution in [0.4, 0.5) is 10.5 Å². The van der Waals surface area contributed by atoms with Crippen LogP contribution in [0.15, 0.2) is 24.3 Å². The number of amides is 2. The standard InChI is InChI=1S/C18H29N3O/c1-3-4-12-21-13-6-5-7-17(21)14-19-18(22)20-16-10-8-15(2)9-11-16/h8-11,17H,3-7,12-14H2,1-2H3,(H2,19,20,22). The summed E-state index contributed by atoms with van der Waals surface area (Å²) in [6, 6.07) is 8.26. The molecule has 1 atom stereocenters. The van der Waals surface area contributed by atoms with Gasteiger partial charge >= 0.3 is 6.03 Å². The van der Waals surface area contributed by atoms with Crippen molar-refractivity contribution in [3.63, 3.8) is 0 Å². The highest BCUT2D eigenvalue weighted by Gasteiger charge is 2.22. The molecule has 1 aromatic rings. The second-order valence-electron chi connectivity index (χ2n) is 6.24. The van der Waals surface area contributed by atoms with Gasteiger partial charge in [0.15, 0.2) is 0 Å². The lowest BCUT2D eigenvalue weighted by Gasteiger charge is -2.35. The van der Waals surface area contributed by atoms with Crippen molar-refractivity contribution >= 4 is 11.7 Å². The molecule has 1 heterocycles. The van der Waals surface area contributed by atoms with Gasteiger partial charge in [0.1, 0.15) is 0 Å². The van der Waals surface area contributed by atoms with Gasteiger partial charge in [-0.15, -0.1) is 0 Å². The van der Waals surface area contributed by atoms with Gasteiger partial charge in [-0.2, -0.15) is 0 Å². The SMILES string of the molecule is CCCCN1CCCCC1CNC(=O)Nc1ccc(C)cc1. The summed E-state index contributed by atoms with van der Waals surface area (Å²) in [6.07, 6.45) is 6.22. The van der Waals surface area contributed by atoms with E-state index in [1.807, 2.05) is 31.2 Å². The van der Waals surface area contributed by atoms with Gasteiger partial charge in [-0.05, 0) is 51.4 Å². The van der Waals surface area contributed by atoms with Gasteiger partial charge in [0.2, 0.25) is 0 Å². The average molecular weight is 303 g/mol. The topological polar surface area (TPSA) is 44.4 Å². The van der Waals surface area contributed by atoms with Gasteiger partial charge in [-0.1, -0.05) is 37.5 Å². The molecule has 1 aliphatic rings. The van der Waals surface area contributed by atoms with E-state index in [-0.39, 0.29) is 6.03 Å². The molecule has 2 rings (SSSR count). The first-order valence-corrected chi connectivity index (χ1v) is 8.54. The van der Waals surface area contributed by atoms with Crippen molar-refractivity contribution in [2.75, 3.05) is 25.0 Å². The van der Waals surface area contributed by atoms with Crippen LogP contribution in [0.1, 0.15) is 44.6 Å². The molecule has 4 nitrogen and oxygen atoms in total. The lowest BCUT2D eigenvalue weighted by molar-refractivity contribution is 0.145. The molecule has 1 aromatic carbocycles. The maximum Gasteiger partial charge on any atom is 0.319 e. The van der Waals surface area contributed by atoms with Crippen LogP contribution in [0.25, 0.3) is 0 Å². The van der Waals surface area contributed by atoms with Crippen LogP contribution in [0.2, 0.25) is 0 Å². The van der Waals surface area contributed by atoms with E-state index in [2.05, 4.69) is 22.5 Å². The van der Waals surface area contributed by atoms with Crippen LogP contribution in [0.3, 0.4) is 0 Å². The molecule has 0 aliphatic carbocycles. The first-order valence-electron chi connectivity index (χ1n) is 8.54. The third-order valence-electron chi connectivity index (χ3n) is 4.36. The molecule has 0 bridgehead atoms. The molecule has 0 saturated carbocycles. The summed E-state index contributed by atoms with van der Waals surface area (Å²) < 4.78 is 0. The number of hydrogen-bond acceptors (Lipinski definition) is 2. The highest BCUT2D eigenvalue weighted by molar-refractivity contribution is 5.89. The molecule has 122 valence electrons. The molecule has 1 saturated heterocycles. The number of nitrogens with one attached hydrogen (secondary N) is 2. The zero-order valence-corrected chi connectivity index (χ0v) is 13.9. The van der Waals surface area contributed by atoms with Crippen LogP contribution >= 0.6 is 0 Å². The highest BCUT2D eigenvalue weighted by atomic mass is 16.2. The fraction of sp³-hybridized carbons (Fsp3) is 0.611. The maximum absolute atomic E-state index is 12.0. The Morgan fingerprint density at radius 3 is 2.77 bits per heavy atom. The summed E-state index contributed by atoms with van der Waals surface area (Å²) in [5.41, 5.74) is 2.04. The highest BCUT2D eigenvalue weighted by Crippen LogP contribution is 2.17. The summed E-state index contributed by atoms with van der Waals surface area (Å²) in [5.74, 6) is 0. The predicted molar refractivity (Wildman–Crippen MR) is 92.3 cm³/mol. The Bertz CT molecular complexity index is 458. The number of anilines is 1. The number of hydrogen-bond donors (Lipinski definition) is 2. The Morgan fingerprint density at radius 1 is 1.27 bits per heavy atom. The van der Waals surface area contributed by atoms with Gasteiger partial charge in [0.05, 0.1) is 0 Å². The van der Waals surface area contributed by atoms with E-state index in [0.717, 1.165) is 18.8 Å². The van der Waals surface area contributed by atoms with Crippen LogP contribution in [0, 0.1) is 6.92 Å². The normalized spacial score (nSPS) is 18.9. The van der Waals surface area contributed by atoms with E-state index >= 15 is 0 Å². The van der Waals surface area contributed by atoms with Crippen LogP contribution in [0.5, 0.6) is 0 Å². The van der Waals surface area contributed by atoms with Gasteiger partial charge in [-0.25, -0.2) is 4.79 Å². The number of urea groups is 1. The Hall–Kier alpha value is -1.55. The lowest BCUT2D eigenvalue weighted by Crippen LogP contribution is -2.47. The Labute approximate surface area is 134 Å². The molecule has 0 spiro atoms. The van der Waals surface area contributed by atoms with Crippen molar-refractivity contribution in [3.8, 4) is 0 Å². The molecule has 1 unspecified atom stereocenters. The summed E-state index contributed by atoms with van der Waals surface area (Å²) >= 11 is 0. The molecule has 22 heavy (non-hydrogen) atoms. The third-order valence-corrected chi connectivity index (χ3v) is 4.36. The predicted octanol–water partition coefficient (Wildman–Crippen LogP) is 3.77. The third kappa shape index (κ3) is 5.34. The minimum atomic E-state index is -0.107. The zero-order chi connectivity index (χ0) is 15.8. The number of piperidine rings is 1. The van der Waals surface area contributed by atoms with Crippen molar-refractivity contribution in [1.29, 1.82) is 0 Å². The number of rotatable bonds is 6. The smallest absolute Gasteiger partial charge is 0.319 e. The summed E-state index contributed by atoms with van der Waals surface area (Å²) in [7, 11) is 0. The monoisotopic (exact) mass is 303 g/mol. The van der Waals surface area contributed by atoms with E-state index < -0.39 is 0 Å². The Balaban J connectivity index is 1.77. The fourth-order valence-electron chi connectivity index (χ4n) is 2.97. The van der Waals surface area contributed by atoms with Crippen LogP contribution in [-0.2, 0) is 0 Å². The Kier molecular flexibility index (Phi) is 6.72. The second-order valence-corrected chi connectivity index (χ2v) is 6.24. The number of aryl methyl sites for hydroxylation is 1. The van der Waals surface area contributed by atoms with E-state index in [1.54, 1.807) is 0 Å². The molecule has 2 N–H and O–H groups in total. The maximum atomic E-state index is 12.0. The Morgan fingerprint density at radius 2 is 2.05 bits per heavy atom. The number of carbonyl (C=O) groups excluding carboxylic acids is 1. The minimum absolute atomic E-state index is 0.107. The first kappa shape index (κ1) is 16.8. The number of carbonyl (C=O) groups is 1. The van der Waals surface area contributed by atoms with Crippen LogP contribution in [-0.4, -0.2) is 36.6 Å². The number of unbranched alkanes of at least 4 members (excludes halogenated alkanes) is 1. The van der Waals surface area contributed by atoms with Crippen LogP contribution < -0.4 is 10.6 Å². The fourth-order valence-corrected chi connectivity index (χ4v) is 2.97. The summed E-state index contributed by atoms with van der Waals surface area (Å²) in [5, 5.41) is 5.93. The van der Waals surface area contributed by atoms with Crippen molar-refractivity contribution in [2.45, 2.75) is 52.0 Å². The summed E-state index contributed by atoms with van der Waals surface area (Å²) in [6.45, 7) is 7.33. The first-order chi connectivity index (χ1) is 10.7. The number of nitrogens with zero attached hydrogens (tertiary/aromatic N) is 1. The van der Waals surface area contributed by atoms with Gasteiger partial charge in [0, 0.05) is 18.3 Å². The number of likely N-dealkylation sites (tertiary alicyclic amines) is 1. The van der Waals surface area contributed by atoms with Gasteiger partial charge in [0.25, 0.3) is 0 Å². The molecule has 0 radical (unpaired) electrons. The minimum Gasteiger partial charge on any atom is -0.336 e. The average Bonchev–Trinajstić information content (AvgIpc) is 2.54. The molecule has 2 amide bonds. The molecular formula is C18H29N3O. The summed E-state index contributed by atoms with van der Waals surface area (Å²) in [4.78, 5) is 14.6. The molecule has 0 aromatic heterocycles. The van der Waals surface area contributed by atoms with Crippen molar-refractivity contribution in [1.82, 2.24) is 10.2 Å². The van der Waals surface area contributed by atoms with Crippen molar-refractivity contribution < 1.29 is 4.79 Å². The molecule has 1 fully saturated rings. The largest absolute Gasteiger partial charge is 0.336 e. The quantitative estimate of drug-likeness (QED) is 0.840. The molecular weight excluding hydrogens is 274 g/mol. The molecule has 4 heteroatoms. The number of benzene rings is 1. The van der Waals surface area contributed by atoms with E-state index in [0.29, 0.717) is 6.04 Å². The van der Waals surface area contributed by atoms with E-state index in [9.17, 15) is 4.79 Å². The molecule has 1 aliphatic heterocycles.